The first-order valence-corrected chi connectivity index (χ1v) is 6.72. The lowest BCUT2D eigenvalue weighted by molar-refractivity contribution is 0.0256. The second-order valence-electron chi connectivity index (χ2n) is 4.67. The lowest BCUT2D eigenvalue weighted by Crippen LogP contribution is -2.25. The van der Waals surface area contributed by atoms with Crippen molar-refractivity contribution in [3.8, 4) is 17.1 Å². The summed E-state index contributed by atoms with van der Waals surface area (Å²) in [4.78, 5) is 4.21. The molecule has 0 radical (unpaired) electrons. The van der Waals surface area contributed by atoms with Crippen LogP contribution in [0.4, 0.5) is 0 Å². The molecule has 0 unspecified atom stereocenters. The van der Waals surface area contributed by atoms with E-state index in [1.807, 2.05) is 24.3 Å². The maximum Gasteiger partial charge on any atom is 0.240 e. The summed E-state index contributed by atoms with van der Waals surface area (Å²) in [6.45, 7) is 1.76. The predicted molar refractivity (Wildman–Crippen MR) is 72.1 cm³/mol. The van der Waals surface area contributed by atoms with Crippen molar-refractivity contribution in [1.29, 1.82) is 0 Å². The van der Waals surface area contributed by atoms with Gasteiger partial charge in [-0.3, -0.25) is 0 Å². The molecule has 0 amide bonds. The number of nitrogens with zero attached hydrogens (tertiary/aromatic N) is 2. The Morgan fingerprint density at radius 2 is 2.15 bits per heavy atom. The molecule has 0 atom stereocenters. The van der Waals surface area contributed by atoms with Gasteiger partial charge in [0.15, 0.2) is 0 Å². The van der Waals surface area contributed by atoms with Crippen molar-refractivity contribution >= 4 is 0 Å². The fraction of sp³-hybridized carbons (Fsp3) is 0.429. The lowest BCUT2D eigenvalue weighted by atomic mass is 10.1. The van der Waals surface area contributed by atoms with Crippen LogP contribution < -0.4 is 10.5 Å². The zero-order valence-electron chi connectivity index (χ0n) is 11.1. The Bertz CT molecular complexity index is 564. The van der Waals surface area contributed by atoms with Gasteiger partial charge in [0.25, 0.3) is 0 Å². The zero-order valence-corrected chi connectivity index (χ0v) is 11.1. The van der Waals surface area contributed by atoms with E-state index in [2.05, 4.69) is 10.1 Å². The summed E-state index contributed by atoms with van der Waals surface area (Å²) < 4.78 is 16.3. The molecule has 3 rings (SSSR count). The lowest BCUT2D eigenvalue weighted by Gasteiger charge is -2.23. The fourth-order valence-electron chi connectivity index (χ4n) is 2.15. The van der Waals surface area contributed by atoms with Gasteiger partial charge in [-0.15, -0.1) is 0 Å². The largest absolute Gasteiger partial charge is 0.490 e. The Balaban J connectivity index is 1.74. The maximum absolute atomic E-state index is 5.96. The van der Waals surface area contributed by atoms with Crippen LogP contribution in [-0.2, 0) is 11.3 Å². The number of hydrogen-bond donors (Lipinski definition) is 1. The molecule has 1 aliphatic rings. The highest BCUT2D eigenvalue weighted by Crippen LogP contribution is 2.24. The molecule has 0 bridgehead atoms. The molecule has 6 nitrogen and oxygen atoms in total. The summed E-state index contributed by atoms with van der Waals surface area (Å²) in [7, 11) is 0. The summed E-state index contributed by atoms with van der Waals surface area (Å²) in [5, 5.41) is 3.90. The third kappa shape index (κ3) is 2.97. The van der Waals surface area contributed by atoms with E-state index in [-0.39, 0.29) is 12.6 Å². The van der Waals surface area contributed by atoms with E-state index in [1.54, 1.807) is 0 Å². The predicted octanol–water partition coefficient (Wildman–Crippen LogP) is 1.75. The Morgan fingerprint density at radius 3 is 2.90 bits per heavy atom. The van der Waals surface area contributed by atoms with Crippen molar-refractivity contribution in [2.24, 2.45) is 5.73 Å². The molecule has 1 aromatic heterocycles. The van der Waals surface area contributed by atoms with E-state index in [9.17, 15) is 0 Å². The second-order valence-corrected chi connectivity index (χ2v) is 4.67. The van der Waals surface area contributed by atoms with E-state index in [0.717, 1.165) is 37.4 Å². The zero-order chi connectivity index (χ0) is 13.8. The average molecular weight is 275 g/mol. The van der Waals surface area contributed by atoms with Crippen LogP contribution in [0.1, 0.15) is 18.7 Å². The van der Waals surface area contributed by atoms with Gasteiger partial charge in [-0.2, -0.15) is 4.98 Å². The van der Waals surface area contributed by atoms with Gasteiger partial charge in [0.1, 0.15) is 11.9 Å². The standard InChI is InChI=1S/C14H17N3O3/c15-9-13-16-14(17-20-13)10-2-1-3-12(8-10)19-11-4-6-18-7-5-11/h1-3,8,11H,4-7,9,15H2. The minimum atomic E-state index is 0.212. The summed E-state index contributed by atoms with van der Waals surface area (Å²) in [6.07, 6.45) is 2.05. The van der Waals surface area contributed by atoms with Crippen LogP contribution in [-0.4, -0.2) is 29.5 Å². The fourth-order valence-corrected chi connectivity index (χ4v) is 2.15. The minimum Gasteiger partial charge on any atom is -0.490 e. The third-order valence-electron chi connectivity index (χ3n) is 3.21. The molecule has 2 N–H and O–H groups in total. The van der Waals surface area contributed by atoms with Gasteiger partial charge in [0.2, 0.25) is 11.7 Å². The van der Waals surface area contributed by atoms with Crippen LogP contribution in [0.3, 0.4) is 0 Å². The van der Waals surface area contributed by atoms with Gasteiger partial charge in [-0.1, -0.05) is 17.3 Å². The minimum absolute atomic E-state index is 0.212. The highest BCUT2D eigenvalue weighted by atomic mass is 16.5. The molecule has 2 heterocycles. The summed E-state index contributed by atoms with van der Waals surface area (Å²) >= 11 is 0. The van der Waals surface area contributed by atoms with Gasteiger partial charge >= 0.3 is 0 Å². The molecular weight excluding hydrogens is 258 g/mol. The monoisotopic (exact) mass is 275 g/mol. The molecule has 0 spiro atoms. The van der Waals surface area contributed by atoms with Gasteiger partial charge in [-0.05, 0) is 12.1 Å². The number of ether oxygens (including phenoxy) is 2. The molecule has 0 saturated carbocycles. The topological polar surface area (TPSA) is 83.4 Å². The average Bonchev–Trinajstić information content (AvgIpc) is 2.98. The van der Waals surface area contributed by atoms with Gasteiger partial charge in [0, 0.05) is 18.4 Å². The van der Waals surface area contributed by atoms with Gasteiger partial charge in [-0.25, -0.2) is 0 Å². The first kappa shape index (κ1) is 13.1. The van der Waals surface area contributed by atoms with Crippen LogP contribution in [0.25, 0.3) is 11.4 Å². The van der Waals surface area contributed by atoms with E-state index >= 15 is 0 Å². The number of aromatic nitrogens is 2. The number of nitrogens with two attached hydrogens (primary N) is 1. The normalized spacial score (nSPS) is 16.2. The number of benzene rings is 1. The number of rotatable bonds is 4. The molecule has 2 aromatic rings. The Hall–Kier alpha value is -1.92. The van der Waals surface area contributed by atoms with Crippen LogP contribution in [0.2, 0.25) is 0 Å². The SMILES string of the molecule is NCc1nc(-c2cccc(OC3CCOCC3)c2)no1. The van der Waals surface area contributed by atoms with Crippen LogP contribution in [0.5, 0.6) is 5.75 Å². The Labute approximate surface area is 116 Å². The number of hydrogen-bond acceptors (Lipinski definition) is 6. The summed E-state index contributed by atoms with van der Waals surface area (Å²) in [6, 6.07) is 7.69. The Kier molecular flexibility index (Phi) is 3.94. The van der Waals surface area contributed by atoms with Crippen molar-refractivity contribution in [1.82, 2.24) is 10.1 Å². The Morgan fingerprint density at radius 1 is 1.30 bits per heavy atom. The van der Waals surface area contributed by atoms with Crippen molar-refractivity contribution in [3.05, 3.63) is 30.2 Å². The van der Waals surface area contributed by atoms with Crippen LogP contribution >= 0.6 is 0 Å². The third-order valence-corrected chi connectivity index (χ3v) is 3.21. The van der Waals surface area contributed by atoms with Crippen LogP contribution in [0, 0.1) is 0 Å². The molecule has 1 aromatic carbocycles. The van der Waals surface area contributed by atoms with Crippen LogP contribution in [0.15, 0.2) is 28.8 Å². The van der Waals surface area contributed by atoms with E-state index in [0.29, 0.717) is 11.7 Å². The van der Waals surface area contributed by atoms with E-state index in [4.69, 9.17) is 19.7 Å². The summed E-state index contributed by atoms with van der Waals surface area (Å²) in [5.74, 6) is 1.77. The van der Waals surface area contributed by atoms with E-state index in [1.165, 1.54) is 0 Å². The molecule has 1 saturated heterocycles. The molecule has 0 aliphatic carbocycles. The van der Waals surface area contributed by atoms with Gasteiger partial charge < -0.3 is 19.7 Å². The van der Waals surface area contributed by atoms with Gasteiger partial charge in [0.05, 0.1) is 19.8 Å². The molecule has 20 heavy (non-hydrogen) atoms. The maximum atomic E-state index is 5.96. The van der Waals surface area contributed by atoms with Crippen molar-refractivity contribution in [2.75, 3.05) is 13.2 Å². The molecule has 6 heteroatoms. The molecule has 1 fully saturated rings. The first-order valence-electron chi connectivity index (χ1n) is 6.72. The molecular formula is C14H17N3O3. The summed E-state index contributed by atoms with van der Waals surface area (Å²) in [5.41, 5.74) is 6.32. The highest BCUT2D eigenvalue weighted by Gasteiger charge is 2.16. The quantitative estimate of drug-likeness (QED) is 0.915. The molecule has 106 valence electrons. The first-order chi connectivity index (χ1) is 9.85. The smallest absolute Gasteiger partial charge is 0.240 e. The van der Waals surface area contributed by atoms with Crippen molar-refractivity contribution in [2.45, 2.75) is 25.5 Å². The molecule has 1 aliphatic heterocycles. The van der Waals surface area contributed by atoms with Crippen molar-refractivity contribution in [3.63, 3.8) is 0 Å². The van der Waals surface area contributed by atoms with E-state index < -0.39 is 0 Å². The second kappa shape index (κ2) is 6.02. The van der Waals surface area contributed by atoms with Crippen molar-refractivity contribution < 1.29 is 14.0 Å². The highest BCUT2D eigenvalue weighted by molar-refractivity contribution is 5.56.